The molecule has 0 spiro atoms. The molecule has 0 amide bonds. The first-order valence-corrected chi connectivity index (χ1v) is 8.44. The number of hydrogen-bond acceptors (Lipinski definition) is 1. The van der Waals surface area contributed by atoms with E-state index in [-0.39, 0.29) is 0 Å². The highest BCUT2D eigenvalue weighted by molar-refractivity contribution is 5.31. The molecule has 1 atom stereocenters. The van der Waals surface area contributed by atoms with Crippen molar-refractivity contribution in [3.63, 3.8) is 0 Å². The summed E-state index contributed by atoms with van der Waals surface area (Å²) in [5.74, 6) is 0.861. The number of aryl methyl sites for hydroxylation is 2. The van der Waals surface area contributed by atoms with Gasteiger partial charge in [0.15, 0.2) is 0 Å². The lowest BCUT2D eigenvalue weighted by molar-refractivity contribution is 0.293. The lowest BCUT2D eigenvalue weighted by atomic mass is 9.82. The van der Waals surface area contributed by atoms with Gasteiger partial charge in [-0.1, -0.05) is 55.9 Å². The maximum absolute atomic E-state index is 3.62. The van der Waals surface area contributed by atoms with Gasteiger partial charge in [0.2, 0.25) is 0 Å². The minimum absolute atomic E-state index is 0.647. The van der Waals surface area contributed by atoms with Crippen molar-refractivity contribution >= 4 is 0 Å². The average Bonchev–Trinajstić information content (AvgIpc) is 2.40. The third kappa shape index (κ3) is 4.34. The van der Waals surface area contributed by atoms with Gasteiger partial charge in [0.05, 0.1) is 0 Å². The number of benzene rings is 1. The highest BCUT2D eigenvalue weighted by atomic mass is 14.9. The molecule has 1 saturated carbocycles. The Labute approximate surface area is 125 Å². The molecule has 1 heteroatoms. The summed E-state index contributed by atoms with van der Waals surface area (Å²) >= 11 is 0. The second kappa shape index (κ2) is 7.83. The topological polar surface area (TPSA) is 12.0 Å². The highest BCUT2D eigenvalue weighted by Crippen LogP contribution is 2.27. The molecular formula is C19H31N. The molecule has 1 unspecified atom stereocenters. The normalized spacial score (nSPS) is 19.4. The van der Waals surface area contributed by atoms with Crippen molar-refractivity contribution in [2.24, 2.45) is 5.92 Å². The van der Waals surface area contributed by atoms with Gasteiger partial charge >= 0.3 is 0 Å². The summed E-state index contributed by atoms with van der Waals surface area (Å²) in [5, 5.41) is 3.62. The Morgan fingerprint density at radius 2 is 1.70 bits per heavy atom. The molecular weight excluding hydrogens is 242 g/mol. The lowest BCUT2D eigenvalue weighted by Gasteiger charge is -2.29. The molecule has 0 aromatic heterocycles. The van der Waals surface area contributed by atoms with Crippen LogP contribution in [0.15, 0.2) is 18.2 Å². The number of likely N-dealkylation sites (N-methyl/N-ethyl adjacent to an activating group) is 1. The van der Waals surface area contributed by atoms with E-state index in [0.717, 1.165) is 5.92 Å². The molecule has 20 heavy (non-hydrogen) atoms. The van der Waals surface area contributed by atoms with Gasteiger partial charge in [-0.25, -0.2) is 0 Å². The zero-order chi connectivity index (χ0) is 14.4. The van der Waals surface area contributed by atoms with Crippen LogP contribution in [0, 0.1) is 19.8 Å². The van der Waals surface area contributed by atoms with Crippen LogP contribution in [0.2, 0.25) is 0 Å². The Morgan fingerprint density at radius 1 is 1.05 bits per heavy atom. The molecule has 1 aliphatic rings. The van der Waals surface area contributed by atoms with Crippen molar-refractivity contribution in [2.75, 3.05) is 7.05 Å². The van der Waals surface area contributed by atoms with Crippen molar-refractivity contribution in [1.82, 2.24) is 5.32 Å². The van der Waals surface area contributed by atoms with Crippen LogP contribution in [0.5, 0.6) is 0 Å². The number of rotatable bonds is 4. The van der Waals surface area contributed by atoms with E-state index in [1.54, 1.807) is 0 Å². The summed E-state index contributed by atoms with van der Waals surface area (Å²) in [6.45, 7) is 4.45. The molecule has 0 bridgehead atoms. The fourth-order valence-corrected chi connectivity index (χ4v) is 3.65. The van der Waals surface area contributed by atoms with Gasteiger partial charge in [0.1, 0.15) is 0 Å². The summed E-state index contributed by atoms with van der Waals surface area (Å²) in [6.07, 6.45) is 11.2. The molecule has 0 aliphatic heterocycles. The fourth-order valence-electron chi connectivity index (χ4n) is 3.65. The van der Waals surface area contributed by atoms with E-state index in [0.29, 0.717) is 6.04 Å². The zero-order valence-corrected chi connectivity index (χ0v) is 13.5. The maximum atomic E-state index is 3.62. The minimum atomic E-state index is 0.647. The van der Waals surface area contributed by atoms with Crippen molar-refractivity contribution in [2.45, 2.75) is 71.3 Å². The van der Waals surface area contributed by atoms with Crippen LogP contribution in [-0.2, 0) is 6.42 Å². The Balaban J connectivity index is 2.04. The zero-order valence-electron chi connectivity index (χ0n) is 13.5. The number of hydrogen-bond donors (Lipinski definition) is 1. The predicted molar refractivity (Wildman–Crippen MR) is 88.3 cm³/mol. The Morgan fingerprint density at radius 3 is 2.35 bits per heavy atom. The maximum Gasteiger partial charge on any atom is 0.0133 e. The van der Waals surface area contributed by atoms with Gasteiger partial charge in [0.25, 0.3) is 0 Å². The van der Waals surface area contributed by atoms with Gasteiger partial charge in [-0.05, 0) is 57.2 Å². The first-order valence-electron chi connectivity index (χ1n) is 8.44. The smallest absolute Gasteiger partial charge is 0.0133 e. The monoisotopic (exact) mass is 273 g/mol. The van der Waals surface area contributed by atoms with Gasteiger partial charge in [0, 0.05) is 6.04 Å². The van der Waals surface area contributed by atoms with Gasteiger partial charge in [-0.15, -0.1) is 0 Å². The SMILES string of the molecule is CNC(Cc1cc(C)ccc1C)C1CCCCCCC1. The van der Waals surface area contributed by atoms with Crippen LogP contribution in [0.1, 0.15) is 61.6 Å². The van der Waals surface area contributed by atoms with E-state index in [2.05, 4.69) is 44.4 Å². The standard InChI is InChI=1S/C19H31N/c1-15-11-12-16(2)18(13-15)14-19(20-3)17-9-7-5-4-6-8-10-17/h11-13,17,19-20H,4-10,14H2,1-3H3. The van der Waals surface area contributed by atoms with Crippen LogP contribution in [0.25, 0.3) is 0 Å². The Kier molecular flexibility index (Phi) is 6.09. The summed E-state index contributed by atoms with van der Waals surface area (Å²) < 4.78 is 0. The van der Waals surface area contributed by atoms with Gasteiger partial charge in [-0.2, -0.15) is 0 Å². The second-order valence-electron chi connectivity index (χ2n) is 6.63. The minimum Gasteiger partial charge on any atom is -0.316 e. The summed E-state index contributed by atoms with van der Waals surface area (Å²) in [6, 6.07) is 7.52. The van der Waals surface area contributed by atoms with E-state index in [1.807, 2.05) is 0 Å². The van der Waals surface area contributed by atoms with E-state index in [1.165, 1.54) is 68.1 Å². The largest absolute Gasteiger partial charge is 0.316 e. The quantitative estimate of drug-likeness (QED) is 0.831. The molecule has 1 N–H and O–H groups in total. The van der Waals surface area contributed by atoms with Crippen molar-refractivity contribution in [3.05, 3.63) is 34.9 Å². The van der Waals surface area contributed by atoms with Crippen LogP contribution < -0.4 is 5.32 Å². The van der Waals surface area contributed by atoms with E-state index >= 15 is 0 Å². The molecule has 1 aromatic rings. The summed E-state index contributed by atoms with van der Waals surface area (Å²) in [7, 11) is 2.15. The van der Waals surface area contributed by atoms with Crippen LogP contribution in [0.4, 0.5) is 0 Å². The molecule has 1 aliphatic carbocycles. The van der Waals surface area contributed by atoms with Crippen molar-refractivity contribution < 1.29 is 0 Å². The summed E-state index contributed by atoms with van der Waals surface area (Å²) in [4.78, 5) is 0. The molecule has 0 heterocycles. The molecule has 112 valence electrons. The third-order valence-corrected chi connectivity index (χ3v) is 5.03. The molecule has 0 radical (unpaired) electrons. The fraction of sp³-hybridized carbons (Fsp3) is 0.684. The van der Waals surface area contributed by atoms with E-state index < -0.39 is 0 Å². The third-order valence-electron chi connectivity index (χ3n) is 5.03. The molecule has 1 nitrogen and oxygen atoms in total. The van der Waals surface area contributed by atoms with Gasteiger partial charge in [-0.3, -0.25) is 0 Å². The predicted octanol–water partition coefficient (Wildman–Crippen LogP) is 4.79. The first-order chi connectivity index (χ1) is 9.70. The molecule has 2 rings (SSSR count). The van der Waals surface area contributed by atoms with Gasteiger partial charge < -0.3 is 5.32 Å². The first kappa shape index (κ1) is 15.6. The van der Waals surface area contributed by atoms with Crippen molar-refractivity contribution in [3.8, 4) is 0 Å². The molecule has 1 fully saturated rings. The van der Waals surface area contributed by atoms with Crippen LogP contribution in [-0.4, -0.2) is 13.1 Å². The summed E-state index contributed by atoms with van der Waals surface area (Å²) in [5.41, 5.74) is 4.37. The average molecular weight is 273 g/mol. The van der Waals surface area contributed by atoms with Crippen LogP contribution in [0.3, 0.4) is 0 Å². The van der Waals surface area contributed by atoms with Crippen molar-refractivity contribution in [1.29, 1.82) is 0 Å². The number of nitrogens with one attached hydrogen (secondary N) is 1. The second-order valence-corrected chi connectivity index (χ2v) is 6.63. The Hall–Kier alpha value is -0.820. The molecule has 0 saturated heterocycles. The lowest BCUT2D eigenvalue weighted by Crippen LogP contribution is -2.36. The van der Waals surface area contributed by atoms with E-state index in [4.69, 9.17) is 0 Å². The van der Waals surface area contributed by atoms with Crippen LogP contribution >= 0.6 is 0 Å². The van der Waals surface area contributed by atoms with E-state index in [9.17, 15) is 0 Å². The Bertz CT molecular complexity index is 402. The highest BCUT2D eigenvalue weighted by Gasteiger charge is 2.21. The molecule has 1 aromatic carbocycles.